The molecule has 1 aromatic rings. The van der Waals surface area contributed by atoms with Gasteiger partial charge in [0.2, 0.25) is 5.91 Å². The van der Waals surface area contributed by atoms with Gasteiger partial charge < -0.3 is 10.4 Å². The quantitative estimate of drug-likeness (QED) is 0.875. The molecule has 0 radical (unpaired) electrons. The molecule has 0 aromatic heterocycles. The number of hydrogen-bond donors (Lipinski definition) is 2. The number of aromatic carboxylic acids is 1. The highest BCUT2D eigenvalue weighted by molar-refractivity contribution is 6.32. The third kappa shape index (κ3) is 3.23. The van der Waals surface area contributed by atoms with E-state index in [4.69, 9.17) is 16.7 Å². The molecule has 0 unspecified atom stereocenters. The first-order valence-corrected chi connectivity index (χ1v) is 5.97. The lowest BCUT2D eigenvalue weighted by molar-refractivity contribution is -0.123. The molecule has 19 heavy (non-hydrogen) atoms. The van der Waals surface area contributed by atoms with Crippen LogP contribution in [-0.4, -0.2) is 17.0 Å². The van der Waals surface area contributed by atoms with Crippen molar-refractivity contribution < 1.29 is 19.1 Å². The van der Waals surface area contributed by atoms with E-state index in [1.54, 1.807) is 20.8 Å². The third-order valence-electron chi connectivity index (χ3n) is 2.61. The average molecular weight is 288 g/mol. The van der Waals surface area contributed by atoms with Crippen LogP contribution >= 0.6 is 11.6 Å². The van der Waals surface area contributed by atoms with Crippen molar-refractivity contribution in [2.75, 3.05) is 5.32 Å². The highest BCUT2D eigenvalue weighted by Crippen LogP contribution is 2.31. The lowest BCUT2D eigenvalue weighted by Gasteiger charge is -2.20. The zero-order valence-electron chi connectivity index (χ0n) is 11.1. The van der Waals surface area contributed by atoms with E-state index in [9.17, 15) is 14.0 Å². The molecule has 0 atom stereocenters. The second-order valence-electron chi connectivity index (χ2n) is 5.23. The summed E-state index contributed by atoms with van der Waals surface area (Å²) < 4.78 is 14.1. The number of rotatable bonds is 2. The second-order valence-corrected chi connectivity index (χ2v) is 5.64. The molecule has 0 aliphatic carbocycles. The Morgan fingerprint density at radius 1 is 1.37 bits per heavy atom. The molecule has 6 heteroatoms. The van der Waals surface area contributed by atoms with Gasteiger partial charge in [0.1, 0.15) is 0 Å². The van der Waals surface area contributed by atoms with E-state index >= 15 is 0 Å². The standard InChI is InChI=1S/C13H15ClFNO3/c1-6-8(14)5-7(11(17)18)9(15)10(6)16-12(19)13(2,3)4/h5H,1-4H3,(H,16,19)(H,17,18). The molecule has 0 saturated carbocycles. The summed E-state index contributed by atoms with van der Waals surface area (Å²) in [5.74, 6) is -2.86. The Kier molecular flexibility index (Phi) is 4.20. The molecule has 2 N–H and O–H groups in total. The fourth-order valence-electron chi connectivity index (χ4n) is 1.32. The molecule has 0 aliphatic heterocycles. The minimum Gasteiger partial charge on any atom is -0.478 e. The second kappa shape index (κ2) is 5.17. The van der Waals surface area contributed by atoms with Gasteiger partial charge in [-0.1, -0.05) is 32.4 Å². The summed E-state index contributed by atoms with van der Waals surface area (Å²) in [5, 5.41) is 11.4. The third-order valence-corrected chi connectivity index (χ3v) is 3.00. The van der Waals surface area contributed by atoms with Crippen molar-refractivity contribution in [3.63, 3.8) is 0 Å². The van der Waals surface area contributed by atoms with E-state index in [0.29, 0.717) is 5.56 Å². The summed E-state index contributed by atoms with van der Waals surface area (Å²) in [4.78, 5) is 22.8. The maximum Gasteiger partial charge on any atom is 0.338 e. The van der Waals surface area contributed by atoms with Crippen molar-refractivity contribution in [3.8, 4) is 0 Å². The molecule has 0 spiro atoms. The highest BCUT2D eigenvalue weighted by Gasteiger charge is 2.26. The Hall–Kier alpha value is -1.62. The topological polar surface area (TPSA) is 66.4 Å². The van der Waals surface area contributed by atoms with Gasteiger partial charge in [0.25, 0.3) is 0 Å². The van der Waals surface area contributed by atoms with E-state index in [1.807, 2.05) is 0 Å². The smallest absolute Gasteiger partial charge is 0.338 e. The molecular weight excluding hydrogens is 273 g/mol. The van der Waals surface area contributed by atoms with Crippen molar-refractivity contribution in [2.24, 2.45) is 5.41 Å². The predicted octanol–water partition coefficient (Wildman–Crippen LogP) is 3.47. The van der Waals surface area contributed by atoms with Gasteiger partial charge in [-0.25, -0.2) is 9.18 Å². The van der Waals surface area contributed by atoms with Gasteiger partial charge in [-0.3, -0.25) is 4.79 Å². The fourth-order valence-corrected chi connectivity index (χ4v) is 1.53. The van der Waals surface area contributed by atoms with Crippen LogP contribution in [0.15, 0.2) is 6.07 Å². The summed E-state index contributed by atoms with van der Waals surface area (Å²) in [6.45, 7) is 6.50. The van der Waals surface area contributed by atoms with E-state index < -0.39 is 28.7 Å². The van der Waals surface area contributed by atoms with Gasteiger partial charge in [0.05, 0.1) is 11.3 Å². The predicted molar refractivity (Wildman–Crippen MR) is 71.2 cm³/mol. The van der Waals surface area contributed by atoms with Crippen LogP contribution in [0.1, 0.15) is 36.7 Å². The maximum atomic E-state index is 14.1. The van der Waals surface area contributed by atoms with Crippen LogP contribution in [0, 0.1) is 18.2 Å². The lowest BCUT2D eigenvalue weighted by Crippen LogP contribution is -2.28. The minimum absolute atomic E-state index is 0.0861. The largest absolute Gasteiger partial charge is 0.478 e. The SMILES string of the molecule is Cc1c(Cl)cc(C(=O)O)c(F)c1NC(=O)C(C)(C)C. The van der Waals surface area contributed by atoms with Gasteiger partial charge in [-0.2, -0.15) is 0 Å². The molecular formula is C13H15ClFNO3. The van der Waals surface area contributed by atoms with E-state index in [-0.39, 0.29) is 10.7 Å². The summed E-state index contributed by atoms with van der Waals surface area (Å²) in [5.41, 5.74) is -1.20. The van der Waals surface area contributed by atoms with E-state index in [1.165, 1.54) is 6.92 Å². The molecule has 4 nitrogen and oxygen atoms in total. The maximum absolute atomic E-state index is 14.1. The van der Waals surface area contributed by atoms with Crippen molar-refractivity contribution >= 4 is 29.2 Å². The first kappa shape index (κ1) is 15.4. The van der Waals surface area contributed by atoms with E-state index in [2.05, 4.69) is 5.32 Å². The normalized spacial score (nSPS) is 11.3. The number of benzene rings is 1. The molecule has 0 aliphatic rings. The molecule has 104 valence electrons. The van der Waals surface area contributed by atoms with Gasteiger partial charge in [-0.05, 0) is 18.6 Å². The van der Waals surface area contributed by atoms with Crippen molar-refractivity contribution in [2.45, 2.75) is 27.7 Å². The summed E-state index contributed by atoms with van der Waals surface area (Å²) in [7, 11) is 0. The monoisotopic (exact) mass is 287 g/mol. The fraction of sp³-hybridized carbons (Fsp3) is 0.385. The van der Waals surface area contributed by atoms with Crippen molar-refractivity contribution in [1.82, 2.24) is 0 Å². The highest BCUT2D eigenvalue weighted by atomic mass is 35.5. The van der Waals surface area contributed by atoms with Gasteiger partial charge in [0.15, 0.2) is 5.82 Å². The molecule has 0 heterocycles. The van der Waals surface area contributed by atoms with Crippen LogP contribution in [0.25, 0.3) is 0 Å². The average Bonchev–Trinajstić information content (AvgIpc) is 2.27. The Bertz CT molecular complexity index is 550. The Morgan fingerprint density at radius 2 is 1.89 bits per heavy atom. The minimum atomic E-state index is -1.44. The lowest BCUT2D eigenvalue weighted by atomic mass is 9.95. The Balaban J connectivity index is 3.35. The van der Waals surface area contributed by atoms with Crippen LogP contribution < -0.4 is 5.32 Å². The molecule has 0 saturated heterocycles. The molecule has 0 fully saturated rings. The van der Waals surface area contributed by atoms with Gasteiger partial charge >= 0.3 is 5.97 Å². The van der Waals surface area contributed by atoms with Crippen LogP contribution in [0.2, 0.25) is 5.02 Å². The van der Waals surface area contributed by atoms with Crippen molar-refractivity contribution in [3.05, 3.63) is 28.0 Å². The molecule has 0 bridgehead atoms. The number of hydrogen-bond acceptors (Lipinski definition) is 2. The van der Waals surface area contributed by atoms with Gasteiger partial charge in [0, 0.05) is 10.4 Å². The first-order valence-electron chi connectivity index (χ1n) is 5.59. The number of nitrogens with one attached hydrogen (secondary N) is 1. The number of carbonyl (C=O) groups is 2. The Morgan fingerprint density at radius 3 is 2.32 bits per heavy atom. The number of carbonyl (C=O) groups excluding carboxylic acids is 1. The van der Waals surface area contributed by atoms with Crippen LogP contribution in [0.5, 0.6) is 0 Å². The molecule has 1 amide bonds. The Labute approximate surface area is 115 Å². The van der Waals surface area contributed by atoms with Crippen LogP contribution in [0.4, 0.5) is 10.1 Å². The van der Waals surface area contributed by atoms with E-state index in [0.717, 1.165) is 6.07 Å². The first-order chi connectivity index (χ1) is 8.55. The number of amides is 1. The van der Waals surface area contributed by atoms with Crippen LogP contribution in [-0.2, 0) is 4.79 Å². The van der Waals surface area contributed by atoms with Crippen LogP contribution in [0.3, 0.4) is 0 Å². The zero-order chi connectivity index (χ0) is 15.0. The number of anilines is 1. The number of carboxylic acid groups (broad SMARTS) is 1. The summed E-state index contributed by atoms with van der Waals surface area (Å²) >= 11 is 5.85. The zero-order valence-corrected chi connectivity index (χ0v) is 11.9. The molecule has 1 aromatic carbocycles. The number of halogens is 2. The number of carboxylic acids is 1. The summed E-state index contributed by atoms with van der Waals surface area (Å²) in [6, 6.07) is 1.03. The summed E-state index contributed by atoms with van der Waals surface area (Å²) in [6.07, 6.45) is 0. The van der Waals surface area contributed by atoms with Gasteiger partial charge in [-0.15, -0.1) is 0 Å². The van der Waals surface area contributed by atoms with Crippen molar-refractivity contribution in [1.29, 1.82) is 0 Å². The molecule has 1 rings (SSSR count).